The van der Waals surface area contributed by atoms with Crippen LogP contribution in [0.25, 0.3) is 16.6 Å². The number of anilines is 1. The van der Waals surface area contributed by atoms with Crippen LogP contribution < -0.4 is 5.73 Å². The number of nitrogens with zero attached hydrogens (tertiary/aromatic N) is 3. The molecule has 0 aliphatic heterocycles. The number of hydrogen-bond acceptors (Lipinski definition) is 4. The number of fused-ring (bicyclic) bond motifs is 1. The molecule has 3 N–H and O–H groups in total. The summed E-state index contributed by atoms with van der Waals surface area (Å²) in [5.74, 6) is 0. The van der Waals surface area contributed by atoms with Gasteiger partial charge in [-0.3, -0.25) is 5.10 Å². The molecule has 1 aromatic heterocycles. The van der Waals surface area contributed by atoms with Crippen molar-refractivity contribution < 1.29 is 0 Å². The van der Waals surface area contributed by atoms with Crippen molar-refractivity contribution in [1.82, 2.24) is 15.1 Å². The van der Waals surface area contributed by atoms with Crippen molar-refractivity contribution in [1.29, 1.82) is 5.26 Å². The van der Waals surface area contributed by atoms with Gasteiger partial charge in [0.1, 0.15) is 0 Å². The van der Waals surface area contributed by atoms with E-state index in [4.69, 9.17) is 5.73 Å². The average molecular weight is 317 g/mol. The van der Waals surface area contributed by atoms with Crippen LogP contribution >= 0.6 is 0 Å². The van der Waals surface area contributed by atoms with Gasteiger partial charge in [0.15, 0.2) is 0 Å². The molecule has 0 fully saturated rings. The largest absolute Gasteiger partial charge is 0.398 e. The van der Waals surface area contributed by atoms with Gasteiger partial charge < -0.3 is 10.6 Å². The van der Waals surface area contributed by atoms with Crippen molar-refractivity contribution in [2.45, 2.75) is 6.42 Å². The van der Waals surface area contributed by atoms with Crippen LogP contribution in [0, 0.1) is 11.3 Å². The van der Waals surface area contributed by atoms with Gasteiger partial charge in [-0.1, -0.05) is 30.3 Å². The summed E-state index contributed by atoms with van der Waals surface area (Å²) in [6.07, 6.45) is 2.31. The first-order valence-electron chi connectivity index (χ1n) is 7.68. The molecule has 3 rings (SSSR count). The van der Waals surface area contributed by atoms with E-state index < -0.39 is 0 Å². The SMILES string of the molecule is CN(C)C(=C(C#N)Cc1ccccc1)c1c(N)ccc2[nH]ncc12. The number of nitriles is 1. The molecule has 0 spiro atoms. The summed E-state index contributed by atoms with van der Waals surface area (Å²) >= 11 is 0. The summed E-state index contributed by atoms with van der Waals surface area (Å²) in [6.45, 7) is 0. The minimum Gasteiger partial charge on any atom is -0.398 e. The van der Waals surface area contributed by atoms with E-state index in [2.05, 4.69) is 16.3 Å². The Labute approximate surface area is 141 Å². The van der Waals surface area contributed by atoms with Crippen molar-refractivity contribution in [2.75, 3.05) is 19.8 Å². The summed E-state index contributed by atoms with van der Waals surface area (Å²) < 4.78 is 0. The molecule has 24 heavy (non-hydrogen) atoms. The molecule has 0 saturated heterocycles. The molecule has 5 heteroatoms. The highest BCUT2D eigenvalue weighted by Gasteiger charge is 2.18. The molecular formula is C19H19N5. The lowest BCUT2D eigenvalue weighted by Gasteiger charge is -2.22. The number of nitrogens with one attached hydrogen (secondary N) is 1. The molecule has 0 unspecified atom stereocenters. The van der Waals surface area contributed by atoms with Crippen LogP contribution in [0.2, 0.25) is 0 Å². The van der Waals surface area contributed by atoms with E-state index in [9.17, 15) is 5.26 Å². The van der Waals surface area contributed by atoms with Crippen molar-refractivity contribution >= 4 is 22.3 Å². The van der Waals surface area contributed by atoms with Crippen LogP contribution in [0.5, 0.6) is 0 Å². The Hall–Kier alpha value is -3.26. The Bertz CT molecular complexity index is 929. The maximum Gasteiger partial charge on any atom is 0.0972 e. The molecular weight excluding hydrogens is 298 g/mol. The highest BCUT2D eigenvalue weighted by Crippen LogP contribution is 2.33. The molecule has 0 amide bonds. The van der Waals surface area contributed by atoms with Crippen LogP contribution in [-0.2, 0) is 6.42 Å². The van der Waals surface area contributed by atoms with Gasteiger partial charge in [0, 0.05) is 37.2 Å². The van der Waals surface area contributed by atoms with E-state index >= 15 is 0 Å². The highest BCUT2D eigenvalue weighted by atomic mass is 15.1. The first-order chi connectivity index (χ1) is 11.6. The van der Waals surface area contributed by atoms with Gasteiger partial charge >= 0.3 is 0 Å². The lowest BCUT2D eigenvalue weighted by atomic mass is 9.96. The molecule has 0 aliphatic rings. The van der Waals surface area contributed by atoms with Crippen LogP contribution in [0.3, 0.4) is 0 Å². The first kappa shape index (κ1) is 15.6. The van der Waals surface area contributed by atoms with E-state index in [1.54, 1.807) is 6.20 Å². The zero-order valence-electron chi connectivity index (χ0n) is 13.7. The topological polar surface area (TPSA) is 81.7 Å². The Morgan fingerprint density at radius 1 is 1.21 bits per heavy atom. The van der Waals surface area contributed by atoms with Crippen molar-refractivity contribution in [3.8, 4) is 6.07 Å². The summed E-state index contributed by atoms with van der Waals surface area (Å²) in [4.78, 5) is 1.94. The smallest absolute Gasteiger partial charge is 0.0972 e. The highest BCUT2D eigenvalue weighted by molar-refractivity contribution is 5.97. The first-order valence-corrected chi connectivity index (χ1v) is 7.68. The molecule has 0 saturated carbocycles. The Morgan fingerprint density at radius 3 is 2.62 bits per heavy atom. The molecule has 0 atom stereocenters. The fourth-order valence-electron chi connectivity index (χ4n) is 2.92. The van der Waals surface area contributed by atoms with Gasteiger partial charge in [0.2, 0.25) is 0 Å². The zero-order valence-corrected chi connectivity index (χ0v) is 13.7. The average Bonchev–Trinajstić information content (AvgIpc) is 3.05. The number of nitrogen functional groups attached to an aromatic ring is 1. The number of H-pyrrole nitrogens is 1. The van der Waals surface area contributed by atoms with Crippen LogP contribution in [0.4, 0.5) is 5.69 Å². The van der Waals surface area contributed by atoms with Crippen molar-refractivity contribution in [3.63, 3.8) is 0 Å². The summed E-state index contributed by atoms with van der Waals surface area (Å²) in [5.41, 5.74) is 11.2. The van der Waals surface area contributed by atoms with Crippen LogP contribution in [-0.4, -0.2) is 29.2 Å². The second kappa shape index (κ2) is 6.47. The number of hydrogen-bond donors (Lipinski definition) is 2. The standard InChI is InChI=1S/C19H19N5/c1-24(2)19(14(11-20)10-13-6-4-3-5-7-13)18-15-12-22-23-17(15)9-8-16(18)21/h3-9,12H,10,21H2,1-2H3,(H,22,23). The third-order valence-corrected chi connectivity index (χ3v) is 3.98. The summed E-state index contributed by atoms with van der Waals surface area (Å²) in [6, 6.07) is 16.1. The van der Waals surface area contributed by atoms with Gasteiger partial charge in [0.25, 0.3) is 0 Å². The Balaban J connectivity index is 2.23. The fourth-order valence-corrected chi connectivity index (χ4v) is 2.92. The molecule has 0 aliphatic carbocycles. The van der Waals surface area contributed by atoms with Gasteiger partial charge in [0.05, 0.1) is 29.1 Å². The molecule has 2 aromatic carbocycles. The molecule has 0 radical (unpaired) electrons. The third kappa shape index (κ3) is 2.82. The Morgan fingerprint density at radius 2 is 1.96 bits per heavy atom. The van der Waals surface area contributed by atoms with E-state index in [1.807, 2.05) is 61.5 Å². The normalized spacial score (nSPS) is 11.9. The number of benzene rings is 2. The fraction of sp³-hybridized carbons (Fsp3) is 0.158. The molecule has 1 heterocycles. The van der Waals surface area contributed by atoms with Crippen LogP contribution in [0.1, 0.15) is 11.1 Å². The van der Waals surface area contributed by atoms with Gasteiger partial charge in [-0.25, -0.2) is 0 Å². The zero-order chi connectivity index (χ0) is 17.1. The van der Waals surface area contributed by atoms with Gasteiger partial charge in [-0.2, -0.15) is 10.4 Å². The quantitative estimate of drug-likeness (QED) is 0.572. The van der Waals surface area contributed by atoms with Gasteiger partial charge in [-0.05, 0) is 17.7 Å². The van der Waals surface area contributed by atoms with E-state index in [0.717, 1.165) is 27.7 Å². The van der Waals surface area contributed by atoms with Crippen molar-refractivity contribution in [2.24, 2.45) is 0 Å². The lowest BCUT2D eigenvalue weighted by molar-refractivity contribution is 0.588. The number of rotatable bonds is 4. The minimum atomic E-state index is 0.554. The maximum atomic E-state index is 9.78. The predicted molar refractivity (Wildman–Crippen MR) is 96.9 cm³/mol. The molecule has 0 bridgehead atoms. The predicted octanol–water partition coefficient (Wildman–Crippen LogP) is 3.18. The van der Waals surface area contributed by atoms with Crippen LogP contribution in [0.15, 0.2) is 54.2 Å². The van der Waals surface area contributed by atoms with Crippen molar-refractivity contribution in [3.05, 3.63) is 65.4 Å². The van der Waals surface area contributed by atoms with Gasteiger partial charge in [-0.15, -0.1) is 0 Å². The molecule has 5 nitrogen and oxygen atoms in total. The number of allylic oxidation sites excluding steroid dienone is 1. The number of nitrogens with two attached hydrogens (primary N) is 1. The second-order valence-corrected chi connectivity index (χ2v) is 5.86. The molecule has 3 aromatic rings. The second-order valence-electron chi connectivity index (χ2n) is 5.86. The summed E-state index contributed by atoms with van der Waals surface area (Å²) in [5, 5.41) is 17.8. The maximum absolute atomic E-state index is 9.78. The third-order valence-electron chi connectivity index (χ3n) is 3.98. The summed E-state index contributed by atoms with van der Waals surface area (Å²) in [7, 11) is 3.85. The van der Waals surface area contributed by atoms with E-state index in [0.29, 0.717) is 17.7 Å². The number of aromatic nitrogens is 2. The number of aromatic amines is 1. The monoisotopic (exact) mass is 317 g/mol. The molecule has 120 valence electrons. The van der Waals surface area contributed by atoms with E-state index in [1.165, 1.54) is 0 Å². The van der Waals surface area contributed by atoms with E-state index in [-0.39, 0.29) is 0 Å². The lowest BCUT2D eigenvalue weighted by Crippen LogP contribution is -2.15. The Kier molecular flexibility index (Phi) is 4.21. The minimum absolute atomic E-state index is 0.554.